The van der Waals surface area contributed by atoms with Crippen molar-refractivity contribution in [1.29, 1.82) is 0 Å². The highest BCUT2D eigenvalue weighted by Gasteiger charge is 2.20. The smallest absolute Gasteiger partial charge is 0.253 e. The van der Waals surface area contributed by atoms with Gasteiger partial charge in [0, 0.05) is 42.5 Å². The van der Waals surface area contributed by atoms with Crippen molar-refractivity contribution in [3.63, 3.8) is 0 Å². The zero-order valence-electron chi connectivity index (χ0n) is 12.0. The van der Waals surface area contributed by atoms with Crippen LogP contribution in [0.3, 0.4) is 0 Å². The number of hydrogen-bond acceptors (Lipinski definition) is 3. The summed E-state index contributed by atoms with van der Waals surface area (Å²) in [7, 11) is 0. The fourth-order valence-electron chi connectivity index (χ4n) is 2.33. The van der Waals surface area contributed by atoms with Crippen molar-refractivity contribution >= 4 is 22.5 Å². The van der Waals surface area contributed by atoms with Crippen molar-refractivity contribution in [1.82, 2.24) is 10.3 Å². The summed E-state index contributed by atoms with van der Waals surface area (Å²) < 4.78 is 5.54. The van der Waals surface area contributed by atoms with E-state index in [0.29, 0.717) is 24.4 Å². The molecule has 0 radical (unpaired) electrons. The number of hydrogen-bond donors (Lipinski definition) is 3. The zero-order chi connectivity index (χ0) is 14.7. The van der Waals surface area contributed by atoms with Crippen molar-refractivity contribution in [2.45, 2.75) is 19.3 Å². The Bertz CT molecular complexity index is 631. The Balaban J connectivity index is 1.48. The summed E-state index contributed by atoms with van der Waals surface area (Å²) in [6.45, 7) is 2.20. The van der Waals surface area contributed by atoms with Crippen LogP contribution < -0.4 is 11.1 Å². The monoisotopic (exact) mass is 287 g/mol. The summed E-state index contributed by atoms with van der Waals surface area (Å²) >= 11 is 0. The highest BCUT2D eigenvalue weighted by molar-refractivity contribution is 6.07. The molecule has 2 aromatic rings. The van der Waals surface area contributed by atoms with Gasteiger partial charge in [0.25, 0.3) is 5.91 Å². The molecule has 1 aromatic heterocycles. The number of aromatic amines is 1. The van der Waals surface area contributed by atoms with E-state index < -0.39 is 0 Å². The number of aromatic nitrogens is 1. The molecule has 21 heavy (non-hydrogen) atoms. The number of benzene rings is 1. The van der Waals surface area contributed by atoms with Gasteiger partial charge in [-0.3, -0.25) is 4.79 Å². The average Bonchev–Trinajstić information content (AvgIpc) is 3.20. The zero-order valence-corrected chi connectivity index (χ0v) is 12.0. The lowest BCUT2D eigenvalue weighted by Crippen LogP contribution is -2.25. The van der Waals surface area contributed by atoms with Gasteiger partial charge in [0.2, 0.25) is 0 Å². The lowest BCUT2D eigenvalue weighted by molar-refractivity contribution is 0.0939. The van der Waals surface area contributed by atoms with E-state index in [1.54, 1.807) is 6.20 Å². The van der Waals surface area contributed by atoms with E-state index in [0.717, 1.165) is 29.8 Å². The highest BCUT2D eigenvalue weighted by atomic mass is 16.5. The van der Waals surface area contributed by atoms with E-state index in [4.69, 9.17) is 10.5 Å². The van der Waals surface area contributed by atoms with Gasteiger partial charge in [0.1, 0.15) is 0 Å². The Kier molecular flexibility index (Phi) is 4.10. The number of nitrogens with one attached hydrogen (secondary N) is 2. The average molecular weight is 287 g/mol. The maximum Gasteiger partial charge on any atom is 0.253 e. The number of amides is 1. The summed E-state index contributed by atoms with van der Waals surface area (Å²) in [5.41, 5.74) is 7.99. The minimum Gasteiger partial charge on any atom is -0.399 e. The summed E-state index contributed by atoms with van der Waals surface area (Å²) in [5.74, 6) is 0.713. The molecule has 0 atom stereocenters. The Morgan fingerprint density at radius 1 is 1.43 bits per heavy atom. The van der Waals surface area contributed by atoms with Gasteiger partial charge in [-0.05, 0) is 43.4 Å². The van der Waals surface area contributed by atoms with Crippen LogP contribution in [-0.4, -0.2) is 30.6 Å². The van der Waals surface area contributed by atoms with E-state index in [2.05, 4.69) is 10.3 Å². The van der Waals surface area contributed by atoms with Crippen LogP contribution in [0.2, 0.25) is 0 Å². The normalized spacial score (nSPS) is 14.5. The van der Waals surface area contributed by atoms with Crippen LogP contribution in [0.1, 0.15) is 29.6 Å². The molecule has 5 nitrogen and oxygen atoms in total. The molecule has 1 heterocycles. The fraction of sp³-hybridized carbons (Fsp3) is 0.438. The molecule has 1 amide bonds. The molecular weight excluding hydrogens is 266 g/mol. The van der Waals surface area contributed by atoms with Gasteiger partial charge < -0.3 is 20.8 Å². The van der Waals surface area contributed by atoms with Crippen LogP contribution >= 0.6 is 0 Å². The first-order valence-corrected chi connectivity index (χ1v) is 7.46. The molecule has 1 aromatic carbocycles. The second-order valence-electron chi connectivity index (χ2n) is 5.64. The van der Waals surface area contributed by atoms with Crippen molar-refractivity contribution in [2.75, 3.05) is 25.5 Å². The standard InChI is InChI=1S/C16H21N3O2/c17-12-4-5-15-13(8-12)14(9-19-15)16(20)18-6-1-7-21-10-11-2-3-11/h4-5,8-9,11,19H,1-3,6-7,10,17H2,(H,18,20). The molecule has 0 bridgehead atoms. The molecule has 0 unspecified atom stereocenters. The second kappa shape index (κ2) is 6.18. The maximum absolute atomic E-state index is 12.2. The van der Waals surface area contributed by atoms with Crippen LogP contribution in [0, 0.1) is 5.92 Å². The molecule has 0 spiro atoms. The molecule has 0 saturated heterocycles. The van der Waals surface area contributed by atoms with Gasteiger partial charge in [-0.25, -0.2) is 0 Å². The maximum atomic E-state index is 12.2. The first-order chi connectivity index (χ1) is 10.2. The molecule has 1 aliphatic carbocycles. The molecular formula is C16H21N3O2. The fourth-order valence-corrected chi connectivity index (χ4v) is 2.33. The molecule has 5 heteroatoms. The molecule has 4 N–H and O–H groups in total. The third kappa shape index (κ3) is 3.55. The number of anilines is 1. The number of rotatable bonds is 7. The van der Waals surface area contributed by atoms with E-state index in [1.165, 1.54) is 12.8 Å². The number of nitrogen functional groups attached to an aromatic ring is 1. The van der Waals surface area contributed by atoms with E-state index in [-0.39, 0.29) is 5.91 Å². The first kappa shape index (κ1) is 13.9. The van der Waals surface area contributed by atoms with E-state index in [9.17, 15) is 4.79 Å². The summed E-state index contributed by atoms with van der Waals surface area (Å²) in [6, 6.07) is 5.52. The molecule has 3 rings (SSSR count). The number of fused-ring (bicyclic) bond motifs is 1. The van der Waals surface area contributed by atoms with Crippen molar-refractivity contribution in [3.8, 4) is 0 Å². The first-order valence-electron chi connectivity index (χ1n) is 7.46. The minimum absolute atomic E-state index is 0.0750. The van der Waals surface area contributed by atoms with Gasteiger partial charge in [-0.1, -0.05) is 0 Å². The second-order valence-corrected chi connectivity index (χ2v) is 5.64. The Morgan fingerprint density at radius 3 is 3.10 bits per heavy atom. The summed E-state index contributed by atoms with van der Waals surface area (Å²) in [5, 5.41) is 3.78. The quantitative estimate of drug-likeness (QED) is 0.540. The molecule has 1 saturated carbocycles. The number of carbonyl (C=O) groups is 1. The van der Waals surface area contributed by atoms with Crippen LogP contribution in [0.4, 0.5) is 5.69 Å². The number of carbonyl (C=O) groups excluding carboxylic acids is 1. The third-order valence-corrected chi connectivity index (χ3v) is 3.75. The van der Waals surface area contributed by atoms with Crippen LogP contribution in [-0.2, 0) is 4.74 Å². The van der Waals surface area contributed by atoms with Gasteiger partial charge >= 0.3 is 0 Å². The third-order valence-electron chi connectivity index (χ3n) is 3.75. The molecule has 0 aliphatic heterocycles. The minimum atomic E-state index is -0.0750. The summed E-state index contributed by atoms with van der Waals surface area (Å²) in [4.78, 5) is 15.3. The topological polar surface area (TPSA) is 80.1 Å². The van der Waals surface area contributed by atoms with Gasteiger partial charge in [-0.15, -0.1) is 0 Å². The van der Waals surface area contributed by atoms with Crippen molar-refractivity contribution in [3.05, 3.63) is 30.0 Å². The Morgan fingerprint density at radius 2 is 2.29 bits per heavy atom. The number of ether oxygens (including phenoxy) is 1. The lowest BCUT2D eigenvalue weighted by atomic mass is 10.1. The largest absolute Gasteiger partial charge is 0.399 e. The lowest BCUT2D eigenvalue weighted by Gasteiger charge is -2.05. The molecule has 1 fully saturated rings. The predicted molar refractivity (Wildman–Crippen MR) is 83.2 cm³/mol. The summed E-state index contributed by atoms with van der Waals surface area (Å²) in [6.07, 6.45) is 5.17. The molecule has 112 valence electrons. The number of H-pyrrole nitrogens is 1. The van der Waals surface area contributed by atoms with Crippen molar-refractivity contribution < 1.29 is 9.53 Å². The van der Waals surface area contributed by atoms with E-state index >= 15 is 0 Å². The van der Waals surface area contributed by atoms with Crippen LogP contribution in [0.25, 0.3) is 10.9 Å². The van der Waals surface area contributed by atoms with Crippen LogP contribution in [0.5, 0.6) is 0 Å². The molecule has 1 aliphatic rings. The van der Waals surface area contributed by atoms with Gasteiger partial charge in [0.05, 0.1) is 5.56 Å². The van der Waals surface area contributed by atoms with Gasteiger partial charge in [-0.2, -0.15) is 0 Å². The number of nitrogens with two attached hydrogens (primary N) is 1. The Hall–Kier alpha value is -2.01. The highest BCUT2D eigenvalue weighted by Crippen LogP contribution is 2.28. The van der Waals surface area contributed by atoms with E-state index in [1.807, 2.05) is 18.2 Å². The van der Waals surface area contributed by atoms with Gasteiger partial charge in [0.15, 0.2) is 0 Å². The SMILES string of the molecule is Nc1ccc2[nH]cc(C(=O)NCCCOCC3CC3)c2c1. The Labute approximate surface area is 123 Å². The predicted octanol–water partition coefficient (Wildman–Crippen LogP) is 2.30. The van der Waals surface area contributed by atoms with Crippen LogP contribution in [0.15, 0.2) is 24.4 Å². The van der Waals surface area contributed by atoms with Crippen molar-refractivity contribution in [2.24, 2.45) is 5.92 Å².